The van der Waals surface area contributed by atoms with E-state index < -0.39 is 5.97 Å². The van der Waals surface area contributed by atoms with Crippen molar-refractivity contribution in [3.63, 3.8) is 0 Å². The van der Waals surface area contributed by atoms with E-state index in [9.17, 15) is 9.90 Å². The molecule has 27 heavy (non-hydrogen) atoms. The Morgan fingerprint density at radius 2 is 1.93 bits per heavy atom. The van der Waals surface area contributed by atoms with Crippen LogP contribution in [0, 0.1) is 34.5 Å². The molecule has 2 saturated carbocycles. The normalized spacial score (nSPS) is 40.6. The molecule has 3 aliphatic carbocycles. The molecular formula is C25H38O2. The van der Waals surface area contributed by atoms with Crippen LogP contribution in [0.5, 0.6) is 0 Å². The first kappa shape index (κ1) is 20.4. The van der Waals surface area contributed by atoms with Gasteiger partial charge in [-0.1, -0.05) is 50.6 Å². The minimum atomic E-state index is -0.712. The van der Waals surface area contributed by atoms with Crippen molar-refractivity contribution in [2.45, 2.75) is 79.6 Å². The molecule has 2 heteroatoms. The molecular weight excluding hydrogens is 332 g/mol. The van der Waals surface area contributed by atoms with Gasteiger partial charge < -0.3 is 5.11 Å². The Bertz CT molecular complexity index is 680. The summed E-state index contributed by atoms with van der Waals surface area (Å²) in [5, 5.41) is 9.55. The van der Waals surface area contributed by atoms with Crippen LogP contribution in [-0.4, -0.2) is 11.1 Å². The molecule has 0 amide bonds. The van der Waals surface area contributed by atoms with Crippen LogP contribution in [0.25, 0.3) is 0 Å². The summed E-state index contributed by atoms with van der Waals surface area (Å²) in [6.07, 6.45) is 12.4. The number of hydrogen-bond acceptors (Lipinski definition) is 1. The van der Waals surface area contributed by atoms with Gasteiger partial charge in [0, 0.05) is 5.57 Å². The van der Waals surface area contributed by atoms with Crippen molar-refractivity contribution in [1.29, 1.82) is 0 Å². The predicted octanol–water partition coefficient (Wildman–Crippen LogP) is 6.79. The van der Waals surface area contributed by atoms with Crippen molar-refractivity contribution in [2.24, 2.45) is 34.5 Å². The van der Waals surface area contributed by atoms with Gasteiger partial charge >= 0.3 is 5.97 Å². The molecule has 0 radical (unpaired) electrons. The number of aliphatic carboxylic acids is 1. The smallest absolute Gasteiger partial charge is 0.331 e. The maximum absolute atomic E-state index is 11.6. The molecule has 6 atom stereocenters. The SMILES string of the molecule is C=C(CCC=C(C)C)C1CCC2(C)C3CC=C(C(=O)O)C(C)C3CCC12C. The second-order valence-corrected chi connectivity index (χ2v) is 10.2. The molecule has 150 valence electrons. The van der Waals surface area contributed by atoms with Crippen LogP contribution in [0.4, 0.5) is 0 Å². The monoisotopic (exact) mass is 370 g/mol. The molecule has 2 fully saturated rings. The Morgan fingerprint density at radius 1 is 1.26 bits per heavy atom. The fourth-order valence-electron chi connectivity index (χ4n) is 7.02. The number of allylic oxidation sites excluding steroid dienone is 4. The lowest BCUT2D eigenvalue weighted by atomic mass is 9.46. The van der Waals surface area contributed by atoms with Crippen LogP contribution in [-0.2, 0) is 4.79 Å². The fourth-order valence-corrected chi connectivity index (χ4v) is 7.02. The Morgan fingerprint density at radius 3 is 2.56 bits per heavy atom. The van der Waals surface area contributed by atoms with Gasteiger partial charge in [0.2, 0.25) is 0 Å². The molecule has 1 N–H and O–H groups in total. The number of carbonyl (C=O) groups is 1. The van der Waals surface area contributed by atoms with E-state index in [4.69, 9.17) is 0 Å². The molecule has 0 saturated heterocycles. The lowest BCUT2D eigenvalue weighted by molar-refractivity contribution is -0.135. The Balaban J connectivity index is 1.82. The molecule has 6 unspecified atom stereocenters. The Labute approximate surface area is 165 Å². The molecule has 3 rings (SSSR count). The number of rotatable bonds is 5. The summed E-state index contributed by atoms with van der Waals surface area (Å²) in [7, 11) is 0. The molecule has 0 aromatic rings. The second kappa shape index (κ2) is 7.26. The minimum absolute atomic E-state index is 0.183. The van der Waals surface area contributed by atoms with E-state index in [1.54, 1.807) is 0 Å². The van der Waals surface area contributed by atoms with Gasteiger partial charge in [0.1, 0.15) is 0 Å². The van der Waals surface area contributed by atoms with Crippen LogP contribution >= 0.6 is 0 Å². The maximum atomic E-state index is 11.6. The zero-order chi connectivity index (χ0) is 20.0. The summed E-state index contributed by atoms with van der Waals surface area (Å²) in [5.41, 5.74) is 4.11. The standard InChI is InChI=1S/C25H38O2/c1-16(2)8-7-9-17(3)21-13-15-25(6)22-11-10-20(23(26)27)18(4)19(22)12-14-24(21,25)5/h8,10,18-19,21-22H,3,7,9,11-15H2,1-2,4-6H3,(H,26,27). The first-order valence-corrected chi connectivity index (χ1v) is 10.9. The van der Waals surface area contributed by atoms with Gasteiger partial charge in [-0.2, -0.15) is 0 Å². The van der Waals surface area contributed by atoms with Crippen molar-refractivity contribution in [1.82, 2.24) is 0 Å². The van der Waals surface area contributed by atoms with Crippen LogP contribution < -0.4 is 0 Å². The quantitative estimate of drug-likeness (QED) is 0.541. The van der Waals surface area contributed by atoms with Gasteiger partial charge in [0.15, 0.2) is 0 Å². The summed E-state index contributed by atoms with van der Waals surface area (Å²) < 4.78 is 0. The summed E-state index contributed by atoms with van der Waals surface area (Å²) in [5.74, 6) is 1.23. The number of carboxylic acid groups (broad SMARTS) is 1. The summed E-state index contributed by atoms with van der Waals surface area (Å²) >= 11 is 0. The molecule has 3 aliphatic rings. The molecule has 0 heterocycles. The highest BCUT2D eigenvalue weighted by atomic mass is 16.4. The van der Waals surface area contributed by atoms with E-state index in [2.05, 4.69) is 47.3 Å². The van der Waals surface area contributed by atoms with Crippen molar-refractivity contribution >= 4 is 5.97 Å². The zero-order valence-electron chi connectivity index (χ0n) is 18.0. The van der Waals surface area contributed by atoms with Crippen LogP contribution in [0.1, 0.15) is 79.6 Å². The average molecular weight is 371 g/mol. The first-order chi connectivity index (χ1) is 12.6. The summed E-state index contributed by atoms with van der Waals surface area (Å²) in [4.78, 5) is 11.6. The zero-order valence-corrected chi connectivity index (χ0v) is 18.0. The summed E-state index contributed by atoms with van der Waals surface area (Å²) in [6, 6.07) is 0. The highest BCUT2D eigenvalue weighted by Crippen LogP contribution is 2.70. The third-order valence-corrected chi connectivity index (χ3v) is 8.84. The molecule has 2 nitrogen and oxygen atoms in total. The minimum Gasteiger partial charge on any atom is -0.478 e. The van der Waals surface area contributed by atoms with Gasteiger partial charge in [0.25, 0.3) is 0 Å². The Kier molecular flexibility index (Phi) is 5.49. The fraction of sp³-hybridized carbons (Fsp3) is 0.720. The third-order valence-electron chi connectivity index (χ3n) is 8.84. The number of hydrogen-bond donors (Lipinski definition) is 1. The third kappa shape index (κ3) is 3.23. The van der Waals surface area contributed by atoms with Crippen LogP contribution in [0.3, 0.4) is 0 Å². The average Bonchev–Trinajstić information content (AvgIpc) is 2.86. The van der Waals surface area contributed by atoms with Gasteiger partial charge in [-0.3, -0.25) is 0 Å². The van der Waals surface area contributed by atoms with E-state index in [0.717, 1.165) is 19.3 Å². The van der Waals surface area contributed by atoms with Crippen molar-refractivity contribution in [3.8, 4) is 0 Å². The van der Waals surface area contributed by atoms with Gasteiger partial charge in [-0.15, -0.1) is 0 Å². The van der Waals surface area contributed by atoms with Crippen LogP contribution in [0.2, 0.25) is 0 Å². The predicted molar refractivity (Wildman–Crippen MR) is 112 cm³/mol. The molecule has 0 aromatic carbocycles. The number of fused-ring (bicyclic) bond motifs is 3. The molecule has 0 spiro atoms. The van der Waals surface area contributed by atoms with E-state index in [1.807, 2.05) is 6.08 Å². The maximum Gasteiger partial charge on any atom is 0.331 e. The van der Waals surface area contributed by atoms with Crippen molar-refractivity contribution < 1.29 is 9.90 Å². The van der Waals surface area contributed by atoms with E-state index in [1.165, 1.54) is 36.8 Å². The second-order valence-electron chi connectivity index (χ2n) is 10.2. The van der Waals surface area contributed by atoms with E-state index in [-0.39, 0.29) is 5.92 Å². The lowest BCUT2D eigenvalue weighted by Gasteiger charge is -2.58. The van der Waals surface area contributed by atoms with Gasteiger partial charge in [-0.25, -0.2) is 4.79 Å². The largest absolute Gasteiger partial charge is 0.478 e. The summed E-state index contributed by atoms with van der Waals surface area (Å²) in [6.45, 7) is 16.1. The van der Waals surface area contributed by atoms with Crippen molar-refractivity contribution in [3.05, 3.63) is 35.5 Å². The topological polar surface area (TPSA) is 37.3 Å². The lowest BCUT2D eigenvalue weighted by Crippen LogP contribution is -2.51. The van der Waals surface area contributed by atoms with Gasteiger partial charge in [-0.05, 0) is 93.3 Å². The molecule has 0 aromatic heterocycles. The van der Waals surface area contributed by atoms with Crippen LogP contribution in [0.15, 0.2) is 35.5 Å². The van der Waals surface area contributed by atoms with Gasteiger partial charge in [0.05, 0.1) is 0 Å². The van der Waals surface area contributed by atoms with E-state index >= 15 is 0 Å². The highest BCUT2D eigenvalue weighted by Gasteiger charge is 2.62. The van der Waals surface area contributed by atoms with E-state index in [0.29, 0.717) is 34.2 Å². The highest BCUT2D eigenvalue weighted by molar-refractivity contribution is 5.87. The molecule has 0 aliphatic heterocycles. The first-order valence-electron chi connectivity index (χ1n) is 10.9. The number of carboxylic acids is 1. The Hall–Kier alpha value is -1.31. The van der Waals surface area contributed by atoms with Crippen molar-refractivity contribution in [2.75, 3.05) is 0 Å². The molecule has 0 bridgehead atoms.